The summed E-state index contributed by atoms with van der Waals surface area (Å²) < 4.78 is 0. The third kappa shape index (κ3) is 3.19. The number of nitrogens with one attached hydrogen (secondary N) is 1. The predicted molar refractivity (Wildman–Crippen MR) is 72.3 cm³/mol. The maximum Gasteiger partial charge on any atom is 0.128 e. The van der Waals surface area contributed by atoms with Gasteiger partial charge in [0.15, 0.2) is 0 Å². The highest BCUT2D eigenvalue weighted by molar-refractivity contribution is 5.41. The lowest BCUT2D eigenvalue weighted by Gasteiger charge is -2.22. The lowest BCUT2D eigenvalue weighted by molar-refractivity contribution is 0.588. The van der Waals surface area contributed by atoms with E-state index in [0.717, 1.165) is 18.9 Å². The molecule has 1 N–H and O–H groups in total. The van der Waals surface area contributed by atoms with Gasteiger partial charge in [-0.3, -0.25) is 0 Å². The molecule has 1 fully saturated rings. The quantitative estimate of drug-likeness (QED) is 0.866. The summed E-state index contributed by atoms with van der Waals surface area (Å²) in [6.07, 6.45) is 4.58. The van der Waals surface area contributed by atoms with E-state index in [-0.39, 0.29) is 0 Å². The summed E-state index contributed by atoms with van der Waals surface area (Å²) in [6.45, 7) is 8.66. The molecule has 1 aromatic heterocycles. The maximum atomic E-state index is 4.57. The molecule has 3 nitrogen and oxygen atoms in total. The number of hydrogen-bond donors (Lipinski definition) is 1. The molecule has 0 unspecified atom stereocenters. The van der Waals surface area contributed by atoms with Gasteiger partial charge in [0.2, 0.25) is 0 Å². The number of aromatic nitrogens is 1. The predicted octanol–water partition coefficient (Wildman–Crippen LogP) is 2.57. The Labute approximate surface area is 104 Å². The fraction of sp³-hybridized carbons (Fsp3) is 0.643. The van der Waals surface area contributed by atoms with Crippen molar-refractivity contribution in [1.82, 2.24) is 10.3 Å². The van der Waals surface area contributed by atoms with E-state index in [1.807, 2.05) is 6.20 Å². The Morgan fingerprint density at radius 2 is 2.29 bits per heavy atom. The first kappa shape index (κ1) is 12.4. The molecule has 2 heterocycles. The zero-order valence-corrected chi connectivity index (χ0v) is 11.1. The van der Waals surface area contributed by atoms with Gasteiger partial charge in [-0.2, -0.15) is 0 Å². The van der Waals surface area contributed by atoms with Crippen molar-refractivity contribution >= 4 is 5.82 Å². The summed E-state index contributed by atoms with van der Waals surface area (Å²) in [7, 11) is 0. The zero-order valence-electron chi connectivity index (χ0n) is 11.1. The van der Waals surface area contributed by atoms with Gasteiger partial charge in [-0.15, -0.1) is 0 Å². The zero-order chi connectivity index (χ0) is 12.3. The minimum atomic E-state index is 0.522. The second-order valence-corrected chi connectivity index (χ2v) is 5.24. The van der Waals surface area contributed by atoms with Crippen LogP contribution in [0.25, 0.3) is 0 Å². The Bertz CT molecular complexity index is 345. The van der Waals surface area contributed by atoms with Gasteiger partial charge in [0, 0.05) is 31.4 Å². The van der Waals surface area contributed by atoms with E-state index in [9.17, 15) is 0 Å². The number of nitrogens with zero attached hydrogens (tertiary/aromatic N) is 2. The average molecular weight is 233 g/mol. The minimum absolute atomic E-state index is 0.522. The monoisotopic (exact) mass is 233 g/mol. The first-order valence-corrected chi connectivity index (χ1v) is 6.62. The normalized spacial score (nSPS) is 20.2. The Hall–Kier alpha value is -1.09. The summed E-state index contributed by atoms with van der Waals surface area (Å²) in [5, 5.41) is 3.41. The van der Waals surface area contributed by atoms with Gasteiger partial charge in [0.25, 0.3) is 0 Å². The molecule has 3 heteroatoms. The molecule has 0 aromatic carbocycles. The van der Waals surface area contributed by atoms with E-state index < -0.39 is 0 Å². The highest BCUT2D eigenvalue weighted by Gasteiger charge is 2.20. The molecular weight excluding hydrogens is 210 g/mol. The van der Waals surface area contributed by atoms with Crippen LogP contribution in [0.3, 0.4) is 0 Å². The van der Waals surface area contributed by atoms with Gasteiger partial charge in [-0.05, 0) is 31.4 Å². The van der Waals surface area contributed by atoms with Gasteiger partial charge >= 0.3 is 0 Å². The molecule has 1 aromatic rings. The van der Waals surface area contributed by atoms with Gasteiger partial charge in [0.1, 0.15) is 5.82 Å². The van der Waals surface area contributed by atoms with E-state index in [2.05, 4.69) is 48.1 Å². The number of rotatable bonds is 4. The van der Waals surface area contributed by atoms with Crippen LogP contribution in [0.15, 0.2) is 18.3 Å². The van der Waals surface area contributed by atoms with Crippen LogP contribution in [0.4, 0.5) is 5.82 Å². The van der Waals surface area contributed by atoms with Crippen LogP contribution in [-0.2, 0) is 6.54 Å². The smallest absolute Gasteiger partial charge is 0.128 e. The maximum absolute atomic E-state index is 4.57. The molecular formula is C14H23N3. The molecule has 0 radical (unpaired) electrons. The minimum Gasteiger partial charge on any atom is -0.354 e. The van der Waals surface area contributed by atoms with Crippen molar-refractivity contribution in [2.75, 3.05) is 11.4 Å². The van der Waals surface area contributed by atoms with Crippen molar-refractivity contribution in [3.63, 3.8) is 0 Å². The Balaban J connectivity index is 1.97. The summed E-state index contributed by atoms with van der Waals surface area (Å²) in [5.41, 5.74) is 1.26. The Morgan fingerprint density at radius 1 is 1.47 bits per heavy atom. The molecule has 0 spiro atoms. The van der Waals surface area contributed by atoms with Crippen LogP contribution in [0.1, 0.15) is 39.2 Å². The van der Waals surface area contributed by atoms with Crippen LogP contribution in [0, 0.1) is 0 Å². The van der Waals surface area contributed by atoms with Crippen molar-refractivity contribution in [3.05, 3.63) is 23.9 Å². The summed E-state index contributed by atoms with van der Waals surface area (Å²) in [5.74, 6) is 1.13. The van der Waals surface area contributed by atoms with Crippen LogP contribution >= 0.6 is 0 Å². The molecule has 0 saturated carbocycles. The summed E-state index contributed by atoms with van der Waals surface area (Å²) >= 11 is 0. The lowest BCUT2D eigenvalue weighted by Crippen LogP contribution is -2.27. The van der Waals surface area contributed by atoms with Crippen LogP contribution in [0.5, 0.6) is 0 Å². The fourth-order valence-corrected chi connectivity index (χ4v) is 2.29. The number of hydrogen-bond acceptors (Lipinski definition) is 3. The second kappa shape index (κ2) is 5.50. The fourth-order valence-electron chi connectivity index (χ4n) is 2.29. The molecule has 1 saturated heterocycles. The average Bonchev–Trinajstić information content (AvgIpc) is 2.73. The molecule has 1 aliphatic rings. The standard InChI is InChI=1S/C14H23N3/c1-11(2)15-9-13-6-7-14(16-10-13)17-8-4-5-12(17)3/h6-7,10-12,15H,4-5,8-9H2,1-3H3/t12-/m0/s1. The molecule has 2 rings (SSSR count). The van der Waals surface area contributed by atoms with Gasteiger partial charge < -0.3 is 10.2 Å². The van der Waals surface area contributed by atoms with E-state index in [4.69, 9.17) is 0 Å². The summed E-state index contributed by atoms with van der Waals surface area (Å²) in [4.78, 5) is 6.98. The van der Waals surface area contributed by atoms with Gasteiger partial charge in [-0.1, -0.05) is 19.9 Å². The number of pyridine rings is 1. The largest absolute Gasteiger partial charge is 0.354 e. The van der Waals surface area contributed by atoms with Gasteiger partial charge in [-0.25, -0.2) is 4.98 Å². The highest BCUT2D eigenvalue weighted by Crippen LogP contribution is 2.23. The third-order valence-corrected chi connectivity index (χ3v) is 3.37. The molecule has 0 amide bonds. The SMILES string of the molecule is CC(C)NCc1ccc(N2CCC[C@@H]2C)nc1. The molecule has 0 bridgehead atoms. The Morgan fingerprint density at radius 3 is 2.82 bits per heavy atom. The molecule has 0 aliphatic carbocycles. The lowest BCUT2D eigenvalue weighted by atomic mass is 10.2. The van der Waals surface area contributed by atoms with E-state index in [0.29, 0.717) is 12.1 Å². The third-order valence-electron chi connectivity index (χ3n) is 3.37. The Kier molecular flexibility index (Phi) is 4.00. The first-order valence-electron chi connectivity index (χ1n) is 6.62. The van der Waals surface area contributed by atoms with E-state index in [1.54, 1.807) is 0 Å². The molecule has 94 valence electrons. The van der Waals surface area contributed by atoms with E-state index >= 15 is 0 Å². The highest BCUT2D eigenvalue weighted by atomic mass is 15.2. The van der Waals surface area contributed by atoms with Crippen LogP contribution in [0.2, 0.25) is 0 Å². The molecule has 1 atom stereocenters. The van der Waals surface area contributed by atoms with Crippen molar-refractivity contribution in [2.24, 2.45) is 0 Å². The van der Waals surface area contributed by atoms with Crippen molar-refractivity contribution in [2.45, 2.75) is 52.2 Å². The van der Waals surface area contributed by atoms with Gasteiger partial charge in [0.05, 0.1) is 0 Å². The second-order valence-electron chi connectivity index (χ2n) is 5.24. The topological polar surface area (TPSA) is 28.2 Å². The van der Waals surface area contributed by atoms with Crippen molar-refractivity contribution in [3.8, 4) is 0 Å². The van der Waals surface area contributed by atoms with Crippen LogP contribution < -0.4 is 10.2 Å². The first-order chi connectivity index (χ1) is 8.16. The van der Waals surface area contributed by atoms with E-state index in [1.165, 1.54) is 18.4 Å². The summed E-state index contributed by atoms with van der Waals surface area (Å²) in [6, 6.07) is 5.50. The number of anilines is 1. The van der Waals surface area contributed by atoms with Crippen molar-refractivity contribution in [1.29, 1.82) is 0 Å². The van der Waals surface area contributed by atoms with Crippen molar-refractivity contribution < 1.29 is 0 Å². The molecule has 17 heavy (non-hydrogen) atoms. The molecule has 1 aliphatic heterocycles. The van der Waals surface area contributed by atoms with Crippen LogP contribution in [-0.4, -0.2) is 23.6 Å².